The highest BCUT2D eigenvalue weighted by atomic mass is 35.5. The molecule has 0 aliphatic heterocycles. The average molecular weight is 452 g/mol. The highest BCUT2D eigenvalue weighted by Gasteiger charge is 2.10. The Morgan fingerprint density at radius 1 is 0.906 bits per heavy atom. The van der Waals surface area contributed by atoms with Gasteiger partial charge in [-0.3, -0.25) is 9.59 Å². The molecule has 7 nitrogen and oxygen atoms in total. The normalized spacial score (nSPS) is 10.6. The highest BCUT2D eigenvalue weighted by Crippen LogP contribution is 2.32. The number of benzene rings is 3. The van der Waals surface area contributed by atoms with Crippen molar-refractivity contribution in [3.63, 3.8) is 0 Å². The molecule has 0 aromatic heterocycles. The summed E-state index contributed by atoms with van der Waals surface area (Å²) in [6.07, 6.45) is 1.42. The SMILES string of the molecule is COc1cc(Cl)c(/C=N/NC(=O)c2ccc(NC(=O)c3cccc(C)c3)cc2)cc1OC. The Morgan fingerprint density at radius 2 is 1.59 bits per heavy atom. The van der Waals surface area contributed by atoms with Crippen LogP contribution in [0.3, 0.4) is 0 Å². The molecule has 2 N–H and O–H groups in total. The number of nitrogens with zero attached hydrogens (tertiary/aromatic N) is 1. The summed E-state index contributed by atoms with van der Waals surface area (Å²) < 4.78 is 10.4. The first-order chi connectivity index (χ1) is 15.4. The van der Waals surface area contributed by atoms with Crippen molar-refractivity contribution in [3.8, 4) is 11.5 Å². The van der Waals surface area contributed by atoms with E-state index in [9.17, 15) is 9.59 Å². The molecule has 0 bridgehead atoms. The van der Waals surface area contributed by atoms with E-state index < -0.39 is 5.91 Å². The molecule has 0 spiro atoms. The lowest BCUT2D eigenvalue weighted by Gasteiger charge is -2.09. The van der Waals surface area contributed by atoms with Crippen molar-refractivity contribution in [2.24, 2.45) is 5.10 Å². The maximum atomic E-state index is 12.3. The Bertz CT molecular complexity index is 1160. The van der Waals surface area contributed by atoms with Gasteiger partial charge in [-0.2, -0.15) is 5.10 Å². The van der Waals surface area contributed by atoms with Crippen LogP contribution in [0.4, 0.5) is 5.69 Å². The van der Waals surface area contributed by atoms with E-state index in [0.717, 1.165) is 5.56 Å². The van der Waals surface area contributed by atoms with Gasteiger partial charge in [0.25, 0.3) is 11.8 Å². The molecule has 8 heteroatoms. The van der Waals surface area contributed by atoms with Crippen LogP contribution in [0.5, 0.6) is 11.5 Å². The fraction of sp³-hybridized carbons (Fsp3) is 0.125. The van der Waals surface area contributed by atoms with Crippen LogP contribution in [-0.2, 0) is 0 Å². The second kappa shape index (κ2) is 10.5. The molecule has 164 valence electrons. The zero-order valence-corrected chi connectivity index (χ0v) is 18.6. The van der Waals surface area contributed by atoms with Gasteiger partial charge in [0.05, 0.1) is 25.5 Å². The number of carbonyl (C=O) groups is 2. The van der Waals surface area contributed by atoms with Crippen LogP contribution in [0.15, 0.2) is 65.8 Å². The Morgan fingerprint density at radius 3 is 2.25 bits per heavy atom. The highest BCUT2D eigenvalue weighted by molar-refractivity contribution is 6.33. The van der Waals surface area contributed by atoms with Gasteiger partial charge in [0.15, 0.2) is 11.5 Å². The van der Waals surface area contributed by atoms with E-state index in [1.54, 1.807) is 48.5 Å². The van der Waals surface area contributed by atoms with E-state index in [2.05, 4.69) is 15.8 Å². The summed E-state index contributed by atoms with van der Waals surface area (Å²) >= 11 is 6.21. The Labute approximate surface area is 191 Å². The van der Waals surface area contributed by atoms with Gasteiger partial charge in [0, 0.05) is 28.4 Å². The number of amides is 2. The molecule has 2 amide bonds. The number of hydrazone groups is 1. The van der Waals surface area contributed by atoms with E-state index in [0.29, 0.717) is 38.9 Å². The molecule has 3 aromatic carbocycles. The Kier molecular flexibility index (Phi) is 7.46. The standard InChI is InChI=1S/C24H22ClN3O4/c1-15-5-4-6-17(11-15)23(29)27-19-9-7-16(8-10-19)24(30)28-26-14-18-12-21(31-2)22(32-3)13-20(18)25/h4-14H,1-3H3,(H,27,29)(H,28,30)/b26-14+. The van der Waals surface area contributed by atoms with Crippen molar-refractivity contribution in [2.75, 3.05) is 19.5 Å². The smallest absolute Gasteiger partial charge is 0.271 e. The molecule has 0 aliphatic rings. The Balaban J connectivity index is 1.62. The van der Waals surface area contributed by atoms with E-state index in [4.69, 9.17) is 21.1 Å². The quantitative estimate of drug-likeness (QED) is 0.403. The first-order valence-corrected chi connectivity index (χ1v) is 10.0. The number of methoxy groups -OCH3 is 2. The zero-order valence-electron chi connectivity index (χ0n) is 17.8. The van der Waals surface area contributed by atoms with E-state index in [-0.39, 0.29) is 5.91 Å². The van der Waals surface area contributed by atoms with Gasteiger partial charge in [0.2, 0.25) is 0 Å². The molecule has 3 aromatic rings. The van der Waals surface area contributed by atoms with Crippen LogP contribution in [0.2, 0.25) is 5.02 Å². The number of hydrogen-bond acceptors (Lipinski definition) is 5. The predicted molar refractivity (Wildman–Crippen MR) is 125 cm³/mol. The minimum Gasteiger partial charge on any atom is -0.493 e. The Hall–Kier alpha value is -3.84. The molecule has 0 aliphatic carbocycles. The van der Waals surface area contributed by atoms with E-state index in [1.807, 2.05) is 19.1 Å². The monoisotopic (exact) mass is 451 g/mol. The van der Waals surface area contributed by atoms with Gasteiger partial charge in [-0.25, -0.2) is 5.43 Å². The fourth-order valence-corrected chi connectivity index (χ4v) is 3.09. The van der Waals surface area contributed by atoms with Crippen molar-refractivity contribution in [1.29, 1.82) is 0 Å². The molecule has 0 atom stereocenters. The van der Waals surface area contributed by atoms with Gasteiger partial charge in [-0.1, -0.05) is 29.3 Å². The molecule has 0 unspecified atom stereocenters. The summed E-state index contributed by atoms with van der Waals surface area (Å²) in [5.41, 5.74) is 5.53. The lowest BCUT2D eigenvalue weighted by molar-refractivity contribution is 0.0954. The molecule has 3 rings (SSSR count). The summed E-state index contributed by atoms with van der Waals surface area (Å²) in [5.74, 6) is 0.359. The molecule has 0 radical (unpaired) electrons. The minimum absolute atomic E-state index is 0.220. The molecule has 32 heavy (non-hydrogen) atoms. The molecule has 0 heterocycles. The fourth-order valence-electron chi connectivity index (χ4n) is 2.89. The number of hydrogen-bond donors (Lipinski definition) is 2. The molecule has 0 saturated carbocycles. The number of halogens is 1. The summed E-state index contributed by atoms with van der Waals surface area (Å²) in [5, 5.41) is 7.16. The predicted octanol–water partition coefficient (Wildman–Crippen LogP) is 4.68. The van der Waals surface area contributed by atoms with Crippen LogP contribution < -0.4 is 20.2 Å². The summed E-state index contributed by atoms with van der Waals surface area (Å²) in [6, 6.07) is 17.1. The van der Waals surface area contributed by atoms with Gasteiger partial charge >= 0.3 is 0 Å². The van der Waals surface area contributed by atoms with Crippen molar-refractivity contribution >= 4 is 35.3 Å². The third-order valence-electron chi connectivity index (χ3n) is 4.56. The number of carbonyl (C=O) groups excluding carboxylic acids is 2. The maximum Gasteiger partial charge on any atom is 0.271 e. The number of rotatable bonds is 7. The van der Waals surface area contributed by atoms with Crippen LogP contribution in [0.25, 0.3) is 0 Å². The number of nitrogens with one attached hydrogen (secondary N) is 2. The van der Waals surface area contributed by atoms with E-state index >= 15 is 0 Å². The largest absolute Gasteiger partial charge is 0.493 e. The van der Waals surface area contributed by atoms with Crippen molar-refractivity contribution in [3.05, 3.63) is 87.9 Å². The first kappa shape index (κ1) is 22.8. The minimum atomic E-state index is -0.408. The van der Waals surface area contributed by atoms with Gasteiger partial charge in [-0.15, -0.1) is 0 Å². The van der Waals surface area contributed by atoms with Gasteiger partial charge in [0.1, 0.15) is 0 Å². The maximum absolute atomic E-state index is 12.3. The van der Waals surface area contributed by atoms with Crippen molar-refractivity contribution < 1.29 is 19.1 Å². The second-order valence-corrected chi connectivity index (χ2v) is 7.24. The van der Waals surface area contributed by atoms with Crippen molar-refractivity contribution in [1.82, 2.24) is 5.43 Å². The lowest BCUT2D eigenvalue weighted by atomic mass is 10.1. The molecular formula is C24H22ClN3O4. The first-order valence-electron chi connectivity index (χ1n) is 9.64. The second-order valence-electron chi connectivity index (χ2n) is 6.83. The van der Waals surface area contributed by atoms with Crippen LogP contribution in [0, 0.1) is 6.92 Å². The summed E-state index contributed by atoms with van der Waals surface area (Å²) in [7, 11) is 3.03. The summed E-state index contributed by atoms with van der Waals surface area (Å²) in [4.78, 5) is 24.7. The summed E-state index contributed by atoms with van der Waals surface area (Å²) in [6.45, 7) is 1.92. The van der Waals surface area contributed by atoms with Gasteiger partial charge in [-0.05, 0) is 49.4 Å². The van der Waals surface area contributed by atoms with Crippen molar-refractivity contribution in [2.45, 2.75) is 6.92 Å². The third-order valence-corrected chi connectivity index (χ3v) is 4.89. The number of anilines is 1. The topological polar surface area (TPSA) is 89.0 Å². The van der Waals surface area contributed by atoms with Crippen LogP contribution in [-0.4, -0.2) is 32.2 Å². The van der Waals surface area contributed by atoms with Gasteiger partial charge < -0.3 is 14.8 Å². The van der Waals surface area contributed by atoms with Crippen LogP contribution >= 0.6 is 11.6 Å². The molecule has 0 fully saturated rings. The zero-order chi connectivity index (χ0) is 23.1. The van der Waals surface area contributed by atoms with E-state index in [1.165, 1.54) is 20.4 Å². The third kappa shape index (κ3) is 5.65. The number of ether oxygens (including phenoxy) is 2. The lowest BCUT2D eigenvalue weighted by Crippen LogP contribution is -2.18. The molecular weight excluding hydrogens is 430 g/mol. The average Bonchev–Trinajstić information content (AvgIpc) is 2.80. The molecule has 0 saturated heterocycles. The number of aryl methyl sites for hydroxylation is 1. The van der Waals surface area contributed by atoms with Crippen LogP contribution in [0.1, 0.15) is 31.8 Å².